The minimum absolute atomic E-state index is 0. The van der Waals surface area contributed by atoms with Crippen molar-refractivity contribution in [2.75, 3.05) is 0 Å². The Hall–Kier alpha value is 0.0400. The van der Waals surface area contributed by atoms with Gasteiger partial charge < -0.3 is 10.8 Å². The van der Waals surface area contributed by atoms with Crippen molar-refractivity contribution in [3.05, 3.63) is 27.2 Å². The molecule has 0 heterocycles. The highest BCUT2D eigenvalue weighted by Crippen LogP contribution is 2.42. The summed E-state index contributed by atoms with van der Waals surface area (Å²) in [5, 5.41) is 10.2. The van der Waals surface area contributed by atoms with Gasteiger partial charge in [0.1, 0.15) is 5.75 Å². The Morgan fingerprint density at radius 3 is 2.56 bits per heavy atom. The van der Waals surface area contributed by atoms with Gasteiger partial charge in [-0.3, -0.25) is 0 Å². The second kappa shape index (κ2) is 5.58. The maximum atomic E-state index is 9.83. The Morgan fingerprint density at radius 2 is 2.06 bits per heavy atom. The van der Waals surface area contributed by atoms with Crippen LogP contribution in [0.3, 0.4) is 0 Å². The molecule has 1 saturated carbocycles. The molecule has 0 spiro atoms. The van der Waals surface area contributed by atoms with Crippen molar-refractivity contribution in [1.29, 1.82) is 0 Å². The Balaban J connectivity index is 0.00000128. The molecule has 2 nitrogen and oxygen atoms in total. The molecule has 1 aromatic carbocycles. The second-order valence-electron chi connectivity index (χ2n) is 4.04. The lowest BCUT2D eigenvalue weighted by molar-refractivity contribution is 0.260. The molecule has 0 bridgehead atoms. The summed E-state index contributed by atoms with van der Waals surface area (Å²) >= 11 is 9.25. The van der Waals surface area contributed by atoms with Crippen LogP contribution in [0.1, 0.15) is 30.9 Å². The summed E-state index contributed by atoms with van der Waals surface area (Å²) in [6, 6.07) is 3.42. The van der Waals surface area contributed by atoms with Crippen LogP contribution in [-0.2, 0) is 0 Å². The van der Waals surface area contributed by atoms with Crippen LogP contribution in [0, 0.1) is 5.92 Å². The molecule has 1 aliphatic carbocycles. The van der Waals surface area contributed by atoms with Gasteiger partial charge in [0.05, 0.1) is 5.02 Å². The van der Waals surface area contributed by atoms with Gasteiger partial charge in [-0.15, -0.1) is 12.4 Å². The first kappa shape index (κ1) is 14.1. The molecule has 5 heteroatoms. The zero-order valence-electron chi connectivity index (χ0n) is 8.62. The summed E-state index contributed by atoms with van der Waals surface area (Å²) in [5.41, 5.74) is 6.85. The van der Waals surface area contributed by atoms with E-state index in [1.807, 2.05) is 6.07 Å². The van der Waals surface area contributed by atoms with Crippen LogP contribution < -0.4 is 5.73 Å². The highest BCUT2D eigenvalue weighted by atomic mass is 79.9. The summed E-state index contributed by atoms with van der Waals surface area (Å²) in [6.07, 6.45) is 3.52. The first-order valence-electron chi connectivity index (χ1n) is 5.03. The van der Waals surface area contributed by atoms with Gasteiger partial charge in [-0.05, 0) is 30.9 Å². The van der Waals surface area contributed by atoms with Gasteiger partial charge >= 0.3 is 0 Å². The van der Waals surface area contributed by atoms with E-state index >= 15 is 0 Å². The monoisotopic (exact) mass is 325 g/mol. The molecule has 1 aliphatic rings. The normalized spacial score (nSPS) is 17.4. The van der Waals surface area contributed by atoms with Crippen LogP contribution in [0.5, 0.6) is 5.75 Å². The van der Waals surface area contributed by atoms with E-state index in [1.54, 1.807) is 6.07 Å². The van der Waals surface area contributed by atoms with Crippen LogP contribution in [-0.4, -0.2) is 5.11 Å². The maximum absolute atomic E-state index is 9.83. The first-order valence-corrected chi connectivity index (χ1v) is 6.20. The third-order valence-electron chi connectivity index (χ3n) is 3.07. The SMILES string of the molecule is Cl.N[C@H](c1cc(Br)cc(Cl)c1O)C1CCC1. The number of nitrogens with two attached hydrogens (primary N) is 1. The van der Waals surface area contributed by atoms with E-state index in [9.17, 15) is 5.11 Å². The summed E-state index contributed by atoms with van der Waals surface area (Å²) in [7, 11) is 0. The smallest absolute Gasteiger partial charge is 0.139 e. The summed E-state index contributed by atoms with van der Waals surface area (Å²) in [6.45, 7) is 0. The number of phenols is 1. The number of hydrogen-bond acceptors (Lipinski definition) is 2. The number of rotatable bonds is 2. The standard InChI is InChI=1S/C11H13BrClNO.ClH/c12-7-4-8(11(15)9(13)5-7)10(14)6-2-1-3-6;/h4-6,10,15H,1-3,14H2;1H/t10-;/m0./s1. The number of benzene rings is 1. The van der Waals surface area contributed by atoms with Crippen LogP contribution in [0.25, 0.3) is 0 Å². The predicted molar refractivity (Wildman–Crippen MR) is 72.3 cm³/mol. The van der Waals surface area contributed by atoms with Crippen molar-refractivity contribution < 1.29 is 5.11 Å². The predicted octanol–water partition coefficient (Wildman–Crippen LogP) is 4.03. The lowest BCUT2D eigenvalue weighted by atomic mass is 9.77. The number of aromatic hydroxyl groups is 1. The average Bonchev–Trinajstić information content (AvgIpc) is 2.08. The molecule has 0 unspecified atom stereocenters. The van der Waals surface area contributed by atoms with E-state index in [1.165, 1.54) is 6.42 Å². The topological polar surface area (TPSA) is 46.2 Å². The van der Waals surface area contributed by atoms with E-state index in [0.717, 1.165) is 22.9 Å². The lowest BCUT2D eigenvalue weighted by Crippen LogP contribution is -2.26. The highest BCUT2D eigenvalue weighted by Gasteiger charge is 2.28. The van der Waals surface area contributed by atoms with E-state index in [0.29, 0.717) is 10.9 Å². The molecule has 90 valence electrons. The third-order valence-corrected chi connectivity index (χ3v) is 3.82. The van der Waals surface area contributed by atoms with Crippen LogP contribution in [0.4, 0.5) is 0 Å². The molecule has 16 heavy (non-hydrogen) atoms. The third kappa shape index (κ3) is 2.65. The molecule has 1 fully saturated rings. The zero-order valence-corrected chi connectivity index (χ0v) is 11.8. The van der Waals surface area contributed by atoms with Gasteiger partial charge in [0.25, 0.3) is 0 Å². The van der Waals surface area contributed by atoms with Crippen molar-refractivity contribution in [2.45, 2.75) is 25.3 Å². The summed E-state index contributed by atoms with van der Waals surface area (Å²) in [5.74, 6) is 0.612. The average molecular weight is 327 g/mol. The maximum Gasteiger partial charge on any atom is 0.139 e. The fraction of sp³-hybridized carbons (Fsp3) is 0.455. The summed E-state index contributed by atoms with van der Waals surface area (Å²) in [4.78, 5) is 0. The Morgan fingerprint density at radius 1 is 1.44 bits per heavy atom. The Kier molecular flexibility index (Phi) is 4.92. The van der Waals surface area contributed by atoms with Gasteiger partial charge in [-0.2, -0.15) is 0 Å². The number of halogens is 3. The van der Waals surface area contributed by atoms with Gasteiger partial charge in [0.2, 0.25) is 0 Å². The fourth-order valence-corrected chi connectivity index (χ4v) is 2.73. The summed E-state index contributed by atoms with van der Waals surface area (Å²) < 4.78 is 0.857. The van der Waals surface area contributed by atoms with Gasteiger partial charge in [-0.1, -0.05) is 34.0 Å². The van der Waals surface area contributed by atoms with Gasteiger partial charge in [0.15, 0.2) is 0 Å². The molecule has 3 N–H and O–H groups in total. The van der Waals surface area contributed by atoms with E-state index in [4.69, 9.17) is 17.3 Å². The quantitative estimate of drug-likeness (QED) is 0.861. The Bertz CT molecular complexity index is 382. The molecule has 0 radical (unpaired) electrons. The van der Waals surface area contributed by atoms with Gasteiger partial charge in [-0.25, -0.2) is 0 Å². The largest absolute Gasteiger partial charge is 0.506 e. The van der Waals surface area contributed by atoms with E-state index in [-0.39, 0.29) is 24.2 Å². The highest BCUT2D eigenvalue weighted by molar-refractivity contribution is 9.10. The molecule has 0 aliphatic heterocycles. The van der Waals surface area contributed by atoms with Crippen LogP contribution in [0.15, 0.2) is 16.6 Å². The number of hydrogen-bond donors (Lipinski definition) is 2. The molecule has 1 atom stereocenters. The molecular weight excluding hydrogens is 313 g/mol. The van der Waals surface area contributed by atoms with Crippen molar-refractivity contribution in [3.8, 4) is 5.75 Å². The van der Waals surface area contributed by atoms with Crippen molar-refractivity contribution in [3.63, 3.8) is 0 Å². The van der Waals surface area contributed by atoms with Crippen LogP contribution in [0.2, 0.25) is 5.02 Å². The molecule has 0 aromatic heterocycles. The Labute approximate surface area is 115 Å². The van der Waals surface area contributed by atoms with E-state index < -0.39 is 0 Å². The minimum atomic E-state index is -0.103. The van der Waals surface area contributed by atoms with Crippen molar-refractivity contribution in [2.24, 2.45) is 11.7 Å². The van der Waals surface area contributed by atoms with Gasteiger partial charge in [0, 0.05) is 16.1 Å². The first-order chi connectivity index (χ1) is 7.09. The van der Waals surface area contributed by atoms with Crippen molar-refractivity contribution in [1.82, 2.24) is 0 Å². The lowest BCUT2D eigenvalue weighted by Gasteiger charge is -2.32. The zero-order chi connectivity index (χ0) is 11.0. The molecule has 2 rings (SSSR count). The molecule has 0 amide bonds. The molecular formula is C11H14BrCl2NO. The van der Waals surface area contributed by atoms with Crippen LogP contribution >= 0.6 is 39.9 Å². The van der Waals surface area contributed by atoms with Crippen molar-refractivity contribution >= 4 is 39.9 Å². The minimum Gasteiger partial charge on any atom is -0.506 e. The second-order valence-corrected chi connectivity index (χ2v) is 5.37. The van der Waals surface area contributed by atoms with E-state index in [2.05, 4.69) is 15.9 Å². The molecule has 0 saturated heterocycles. The fourth-order valence-electron chi connectivity index (χ4n) is 1.89. The number of phenolic OH excluding ortho intramolecular Hbond substituents is 1. The molecule has 1 aromatic rings.